The van der Waals surface area contributed by atoms with E-state index in [1.54, 1.807) is 12.1 Å². The molecular weight excluding hydrogens is 467 g/mol. The maximum Gasteiger partial charge on any atom is 0.145 e. The smallest absolute Gasteiger partial charge is 0.145 e. The van der Waals surface area contributed by atoms with Gasteiger partial charge in [0.15, 0.2) is 0 Å². The van der Waals surface area contributed by atoms with Crippen LogP contribution >= 0.6 is 11.6 Å². The maximum atomic E-state index is 13.6. The van der Waals surface area contributed by atoms with Crippen LogP contribution in [0.3, 0.4) is 0 Å². The Morgan fingerprint density at radius 3 is 2.57 bits per heavy atom. The van der Waals surface area contributed by atoms with Crippen LogP contribution in [-0.2, 0) is 0 Å². The molecule has 1 N–H and O–H groups in total. The summed E-state index contributed by atoms with van der Waals surface area (Å²) < 4.78 is 26.3. The predicted molar refractivity (Wildman–Crippen MR) is 138 cm³/mol. The Morgan fingerprint density at radius 1 is 1.00 bits per heavy atom. The van der Waals surface area contributed by atoms with Gasteiger partial charge in [-0.2, -0.15) is 0 Å². The van der Waals surface area contributed by atoms with Crippen molar-refractivity contribution in [1.82, 2.24) is 14.9 Å². The zero-order valence-electron chi connectivity index (χ0n) is 19.9. The topological polar surface area (TPSA) is 59.5 Å². The molecule has 0 amide bonds. The van der Waals surface area contributed by atoms with E-state index in [0.717, 1.165) is 49.1 Å². The lowest BCUT2D eigenvalue weighted by atomic mass is 10.2. The van der Waals surface area contributed by atoms with Gasteiger partial charge >= 0.3 is 0 Å². The standard InChI is InChI=1S/C27H32ClFN4O2/c28-22-15-19(9-10-23(22)29)32-27-26-24(30-18-31-27)16-21(17-25(26)35-20-7-3-4-8-20)34-14-13-33-11-5-1-2-6-12-33/h9-10,15-18,20H,1-8,11-14H2,(H,30,31,32). The van der Waals surface area contributed by atoms with Crippen molar-refractivity contribution in [3.8, 4) is 11.5 Å². The number of aromatic nitrogens is 2. The molecular formula is C27H32ClFN4O2. The molecule has 3 aromatic rings. The Kier molecular flexibility index (Phi) is 7.84. The van der Waals surface area contributed by atoms with E-state index in [9.17, 15) is 4.39 Å². The van der Waals surface area contributed by atoms with Gasteiger partial charge in [-0.25, -0.2) is 14.4 Å². The summed E-state index contributed by atoms with van der Waals surface area (Å²) >= 11 is 5.98. The fourth-order valence-corrected chi connectivity index (χ4v) is 5.13. The second-order valence-corrected chi connectivity index (χ2v) is 9.83. The minimum absolute atomic E-state index is 0.0517. The normalized spacial score (nSPS) is 17.4. The number of fused-ring (bicyclic) bond motifs is 1. The summed E-state index contributed by atoms with van der Waals surface area (Å²) in [5, 5.41) is 4.09. The highest BCUT2D eigenvalue weighted by Crippen LogP contribution is 2.38. The van der Waals surface area contributed by atoms with E-state index in [4.69, 9.17) is 21.1 Å². The third kappa shape index (κ3) is 6.14. The molecule has 6 nitrogen and oxygen atoms in total. The van der Waals surface area contributed by atoms with E-state index >= 15 is 0 Å². The molecule has 0 unspecified atom stereocenters. The summed E-state index contributed by atoms with van der Waals surface area (Å²) in [5.41, 5.74) is 1.37. The van der Waals surface area contributed by atoms with Crippen LogP contribution in [0.1, 0.15) is 51.4 Å². The summed E-state index contributed by atoms with van der Waals surface area (Å²) in [5.74, 6) is 1.57. The number of ether oxygens (including phenoxy) is 2. The second-order valence-electron chi connectivity index (χ2n) is 9.42. The molecule has 1 saturated carbocycles. The minimum atomic E-state index is -0.461. The van der Waals surface area contributed by atoms with Crippen molar-refractivity contribution < 1.29 is 13.9 Å². The number of nitrogens with one attached hydrogen (secondary N) is 1. The predicted octanol–water partition coefficient (Wildman–Crippen LogP) is 6.74. The first-order chi connectivity index (χ1) is 17.2. The van der Waals surface area contributed by atoms with Crippen molar-refractivity contribution in [2.45, 2.75) is 57.5 Å². The molecule has 2 aromatic carbocycles. The highest BCUT2D eigenvalue weighted by Gasteiger charge is 2.21. The molecule has 186 valence electrons. The summed E-state index contributed by atoms with van der Waals surface area (Å²) in [6.45, 7) is 3.83. The molecule has 1 aliphatic carbocycles. The number of nitrogens with zero attached hydrogens (tertiary/aromatic N) is 3. The van der Waals surface area contributed by atoms with Gasteiger partial charge in [-0.3, -0.25) is 4.90 Å². The fraction of sp³-hybridized carbons (Fsp3) is 0.481. The highest BCUT2D eigenvalue weighted by molar-refractivity contribution is 6.31. The summed E-state index contributed by atoms with van der Waals surface area (Å²) in [4.78, 5) is 11.5. The Labute approximate surface area is 210 Å². The molecule has 0 bridgehead atoms. The van der Waals surface area contributed by atoms with Gasteiger partial charge in [0.25, 0.3) is 0 Å². The van der Waals surface area contributed by atoms with Gasteiger partial charge in [-0.1, -0.05) is 24.4 Å². The Balaban J connectivity index is 1.40. The van der Waals surface area contributed by atoms with Crippen LogP contribution in [0.4, 0.5) is 15.9 Å². The fourth-order valence-electron chi connectivity index (χ4n) is 4.95. The molecule has 2 aliphatic rings. The Morgan fingerprint density at radius 2 is 1.80 bits per heavy atom. The highest BCUT2D eigenvalue weighted by atomic mass is 35.5. The quantitative estimate of drug-likeness (QED) is 0.371. The number of hydrogen-bond donors (Lipinski definition) is 1. The zero-order chi connectivity index (χ0) is 24.0. The third-order valence-electron chi connectivity index (χ3n) is 6.83. The monoisotopic (exact) mass is 498 g/mol. The molecule has 0 spiro atoms. The van der Waals surface area contributed by atoms with Crippen molar-refractivity contribution >= 4 is 34.0 Å². The van der Waals surface area contributed by atoms with E-state index in [2.05, 4.69) is 20.2 Å². The van der Waals surface area contributed by atoms with Gasteiger partial charge in [0.05, 0.1) is 22.0 Å². The zero-order valence-corrected chi connectivity index (χ0v) is 20.7. The SMILES string of the molecule is Fc1ccc(Nc2ncnc3cc(OCCN4CCCCCC4)cc(OC4CCCC4)c23)cc1Cl. The Hall–Kier alpha value is -2.64. The number of likely N-dealkylation sites (tertiary alicyclic amines) is 1. The number of hydrogen-bond acceptors (Lipinski definition) is 6. The van der Waals surface area contributed by atoms with Crippen molar-refractivity contribution in [3.63, 3.8) is 0 Å². The van der Waals surface area contributed by atoms with Gasteiger partial charge in [0, 0.05) is 24.4 Å². The van der Waals surface area contributed by atoms with Gasteiger partial charge in [-0.15, -0.1) is 0 Å². The number of benzene rings is 2. The van der Waals surface area contributed by atoms with Crippen LogP contribution in [0.25, 0.3) is 10.9 Å². The van der Waals surface area contributed by atoms with Gasteiger partial charge in [-0.05, 0) is 69.8 Å². The molecule has 8 heteroatoms. The molecule has 1 aromatic heterocycles. The van der Waals surface area contributed by atoms with Crippen molar-refractivity contribution in [2.75, 3.05) is 31.6 Å². The number of anilines is 2. The van der Waals surface area contributed by atoms with E-state index in [1.807, 2.05) is 12.1 Å². The van der Waals surface area contributed by atoms with E-state index in [0.29, 0.717) is 23.9 Å². The van der Waals surface area contributed by atoms with Crippen LogP contribution in [-0.4, -0.2) is 47.2 Å². The van der Waals surface area contributed by atoms with E-state index in [-0.39, 0.29) is 11.1 Å². The summed E-state index contributed by atoms with van der Waals surface area (Å²) in [6, 6.07) is 8.40. The average Bonchev–Trinajstić information content (AvgIpc) is 3.22. The minimum Gasteiger partial charge on any atom is -0.492 e. The largest absolute Gasteiger partial charge is 0.492 e. The summed E-state index contributed by atoms with van der Waals surface area (Å²) in [6.07, 6.45) is 11.3. The number of halogens is 2. The van der Waals surface area contributed by atoms with E-state index < -0.39 is 5.82 Å². The van der Waals surface area contributed by atoms with Gasteiger partial charge < -0.3 is 14.8 Å². The summed E-state index contributed by atoms with van der Waals surface area (Å²) in [7, 11) is 0. The van der Waals surface area contributed by atoms with Crippen LogP contribution in [0, 0.1) is 5.82 Å². The van der Waals surface area contributed by atoms with Crippen molar-refractivity contribution in [3.05, 3.63) is 47.5 Å². The lowest BCUT2D eigenvalue weighted by Crippen LogP contribution is -2.29. The van der Waals surface area contributed by atoms with Crippen molar-refractivity contribution in [2.24, 2.45) is 0 Å². The molecule has 2 fully saturated rings. The molecule has 5 rings (SSSR count). The first-order valence-electron chi connectivity index (χ1n) is 12.7. The average molecular weight is 499 g/mol. The second kappa shape index (κ2) is 11.4. The maximum absolute atomic E-state index is 13.6. The Bertz CT molecular complexity index is 1150. The molecule has 1 aliphatic heterocycles. The number of rotatable bonds is 8. The van der Waals surface area contributed by atoms with Crippen LogP contribution < -0.4 is 14.8 Å². The molecule has 35 heavy (non-hydrogen) atoms. The molecule has 0 atom stereocenters. The third-order valence-corrected chi connectivity index (χ3v) is 7.12. The first-order valence-corrected chi connectivity index (χ1v) is 13.1. The van der Waals surface area contributed by atoms with Gasteiger partial charge in [0.2, 0.25) is 0 Å². The van der Waals surface area contributed by atoms with E-state index in [1.165, 1.54) is 50.9 Å². The van der Waals surface area contributed by atoms with Crippen molar-refractivity contribution in [1.29, 1.82) is 0 Å². The lowest BCUT2D eigenvalue weighted by molar-refractivity contribution is 0.205. The molecule has 0 radical (unpaired) electrons. The van der Waals surface area contributed by atoms with Crippen LogP contribution in [0.5, 0.6) is 11.5 Å². The van der Waals surface area contributed by atoms with Gasteiger partial charge in [0.1, 0.15) is 36.1 Å². The first kappa shape index (κ1) is 24.1. The lowest BCUT2D eigenvalue weighted by Gasteiger charge is -2.21. The molecule has 2 heterocycles. The van der Waals surface area contributed by atoms with Crippen LogP contribution in [0.15, 0.2) is 36.7 Å². The molecule has 1 saturated heterocycles. The van der Waals surface area contributed by atoms with Crippen LogP contribution in [0.2, 0.25) is 5.02 Å².